The van der Waals surface area contributed by atoms with Gasteiger partial charge in [-0.2, -0.15) is 0 Å². The Kier molecular flexibility index (Phi) is 6.42. The van der Waals surface area contributed by atoms with E-state index in [0.29, 0.717) is 0 Å². The van der Waals surface area contributed by atoms with E-state index in [9.17, 15) is 0 Å². The number of aromatic nitrogens is 1. The van der Waals surface area contributed by atoms with Gasteiger partial charge in [-0.3, -0.25) is 0 Å². The smallest absolute Gasteiger partial charge is 0.0727 e. The minimum absolute atomic E-state index is 1.19. The highest BCUT2D eigenvalue weighted by Gasteiger charge is 2.17. The molecule has 0 amide bonds. The maximum atomic E-state index is 3.66. The minimum Gasteiger partial charge on any atom is -0.307 e. The fraction of sp³-hybridized carbons (Fsp3) is 0.364. The van der Waals surface area contributed by atoms with Gasteiger partial charge in [-0.25, -0.2) is 0 Å². The lowest BCUT2D eigenvalue weighted by Crippen LogP contribution is -1.94. The molecule has 0 saturated heterocycles. The standard InChI is InChI=1S/C22H23Br2NS2/c1-2-3-4-5-6-7-8-15-9-11-16(12-10-15)25-17-13-19(23)26-21(17)22-18(25)14-20(24)27-22/h9-14H,2-8H2,1H3. The molecule has 0 aliphatic rings. The first-order chi connectivity index (χ1) is 13.2. The third-order valence-electron chi connectivity index (χ3n) is 5.07. The van der Waals surface area contributed by atoms with E-state index >= 15 is 0 Å². The second-order valence-corrected chi connectivity index (χ2v) is 11.9. The number of hydrogen-bond donors (Lipinski definition) is 0. The first-order valence-corrected chi connectivity index (χ1v) is 12.9. The van der Waals surface area contributed by atoms with Crippen LogP contribution in [-0.2, 0) is 6.42 Å². The van der Waals surface area contributed by atoms with Crippen LogP contribution in [0, 0.1) is 0 Å². The molecule has 27 heavy (non-hydrogen) atoms. The Morgan fingerprint density at radius 2 is 1.33 bits per heavy atom. The molecular formula is C22H23Br2NS2. The zero-order valence-electron chi connectivity index (χ0n) is 15.4. The Morgan fingerprint density at radius 1 is 0.778 bits per heavy atom. The normalized spacial score (nSPS) is 11.8. The highest BCUT2D eigenvalue weighted by molar-refractivity contribution is 9.11. The maximum absolute atomic E-state index is 3.66. The monoisotopic (exact) mass is 523 g/mol. The van der Waals surface area contributed by atoms with Crippen LogP contribution in [0.25, 0.3) is 26.1 Å². The van der Waals surface area contributed by atoms with Crippen molar-refractivity contribution in [3.8, 4) is 5.69 Å². The van der Waals surface area contributed by atoms with Gasteiger partial charge in [-0.15, -0.1) is 22.7 Å². The largest absolute Gasteiger partial charge is 0.307 e. The maximum Gasteiger partial charge on any atom is 0.0727 e. The van der Waals surface area contributed by atoms with Gasteiger partial charge in [0.25, 0.3) is 0 Å². The number of aryl methyl sites for hydroxylation is 1. The second kappa shape index (κ2) is 8.81. The van der Waals surface area contributed by atoms with Crippen LogP contribution in [0.15, 0.2) is 44.0 Å². The summed E-state index contributed by atoms with van der Waals surface area (Å²) in [5.41, 5.74) is 5.29. The van der Waals surface area contributed by atoms with Crippen molar-refractivity contribution in [1.29, 1.82) is 0 Å². The lowest BCUT2D eigenvalue weighted by molar-refractivity contribution is 0.607. The Bertz CT molecular complexity index is 986. The summed E-state index contributed by atoms with van der Waals surface area (Å²) < 4.78 is 7.49. The molecule has 0 unspecified atom stereocenters. The molecule has 0 N–H and O–H groups in total. The van der Waals surface area contributed by atoms with Crippen molar-refractivity contribution >= 4 is 75.0 Å². The molecule has 0 saturated carbocycles. The number of fused-ring (bicyclic) bond motifs is 3. The van der Waals surface area contributed by atoms with Crippen LogP contribution in [0.3, 0.4) is 0 Å². The van der Waals surface area contributed by atoms with Gasteiger partial charge in [0.2, 0.25) is 0 Å². The summed E-state index contributed by atoms with van der Waals surface area (Å²) in [6.07, 6.45) is 9.32. The van der Waals surface area contributed by atoms with Crippen molar-refractivity contribution in [1.82, 2.24) is 4.57 Å². The molecule has 4 aromatic rings. The van der Waals surface area contributed by atoms with E-state index in [1.54, 1.807) is 0 Å². The predicted octanol–water partition coefficient (Wildman–Crippen LogP) is 9.33. The summed E-state index contributed by atoms with van der Waals surface area (Å²) in [6, 6.07) is 13.7. The topological polar surface area (TPSA) is 4.93 Å². The lowest BCUT2D eigenvalue weighted by atomic mass is 10.0. The molecule has 1 aromatic carbocycles. The van der Waals surface area contributed by atoms with Crippen LogP contribution >= 0.6 is 54.5 Å². The number of rotatable bonds is 8. The zero-order valence-corrected chi connectivity index (χ0v) is 20.2. The fourth-order valence-corrected chi connectivity index (χ4v) is 6.98. The van der Waals surface area contributed by atoms with Gasteiger partial charge < -0.3 is 4.57 Å². The Hall–Kier alpha value is -0.620. The number of nitrogens with zero attached hydrogens (tertiary/aromatic N) is 1. The van der Waals surface area contributed by atoms with Gasteiger partial charge in [-0.05, 0) is 74.5 Å². The van der Waals surface area contributed by atoms with Crippen molar-refractivity contribution < 1.29 is 0 Å². The first-order valence-electron chi connectivity index (χ1n) is 9.65. The van der Waals surface area contributed by atoms with Crippen LogP contribution in [0.2, 0.25) is 0 Å². The SMILES string of the molecule is CCCCCCCCc1ccc(-n2c3cc(Br)sc3c3sc(Br)cc32)cc1. The van der Waals surface area contributed by atoms with E-state index in [4.69, 9.17) is 0 Å². The summed E-state index contributed by atoms with van der Waals surface area (Å²) in [6.45, 7) is 2.28. The van der Waals surface area contributed by atoms with E-state index < -0.39 is 0 Å². The number of unbranched alkanes of at least 4 members (excludes halogenated alkanes) is 5. The molecule has 3 heterocycles. The van der Waals surface area contributed by atoms with Crippen LogP contribution in [0.5, 0.6) is 0 Å². The third kappa shape index (κ3) is 4.21. The van der Waals surface area contributed by atoms with Gasteiger partial charge in [0, 0.05) is 5.69 Å². The van der Waals surface area contributed by atoms with E-state index in [2.05, 4.69) is 79.7 Å². The van der Waals surface area contributed by atoms with Crippen molar-refractivity contribution in [2.75, 3.05) is 0 Å². The van der Waals surface area contributed by atoms with Crippen molar-refractivity contribution in [3.05, 3.63) is 49.5 Å². The summed E-state index contributed by atoms with van der Waals surface area (Å²) >= 11 is 11.0. The van der Waals surface area contributed by atoms with Crippen LogP contribution in [0.1, 0.15) is 51.0 Å². The van der Waals surface area contributed by atoms with E-state index in [0.717, 1.165) is 0 Å². The minimum atomic E-state index is 1.19. The second-order valence-electron chi connectivity index (χ2n) is 7.05. The Labute approximate surface area is 185 Å². The average Bonchev–Trinajstić information content (AvgIpc) is 3.28. The Morgan fingerprint density at radius 3 is 1.93 bits per heavy atom. The van der Waals surface area contributed by atoms with E-state index in [1.165, 1.54) is 84.2 Å². The highest BCUT2D eigenvalue weighted by atomic mass is 79.9. The van der Waals surface area contributed by atoms with Crippen LogP contribution in [-0.4, -0.2) is 4.57 Å². The quantitative estimate of drug-likeness (QED) is 0.202. The molecule has 0 aliphatic heterocycles. The highest BCUT2D eigenvalue weighted by Crippen LogP contribution is 2.44. The van der Waals surface area contributed by atoms with E-state index in [-0.39, 0.29) is 0 Å². The molecule has 3 aromatic heterocycles. The molecule has 0 spiro atoms. The van der Waals surface area contributed by atoms with Gasteiger partial charge in [0.15, 0.2) is 0 Å². The molecule has 0 aliphatic carbocycles. The van der Waals surface area contributed by atoms with Crippen LogP contribution < -0.4 is 0 Å². The number of hydrogen-bond acceptors (Lipinski definition) is 2. The molecule has 0 atom stereocenters. The lowest BCUT2D eigenvalue weighted by Gasteiger charge is -2.08. The third-order valence-corrected chi connectivity index (χ3v) is 8.49. The molecule has 4 rings (SSSR count). The van der Waals surface area contributed by atoms with Gasteiger partial charge in [-0.1, -0.05) is 51.2 Å². The summed E-state index contributed by atoms with van der Waals surface area (Å²) in [5.74, 6) is 0. The van der Waals surface area contributed by atoms with Crippen molar-refractivity contribution in [2.45, 2.75) is 51.9 Å². The number of thiophene rings is 2. The average molecular weight is 525 g/mol. The Balaban J connectivity index is 1.55. The molecule has 5 heteroatoms. The number of benzene rings is 1. The zero-order chi connectivity index (χ0) is 18.8. The van der Waals surface area contributed by atoms with Crippen LogP contribution in [0.4, 0.5) is 0 Å². The number of halogens is 2. The van der Waals surface area contributed by atoms with Gasteiger partial charge >= 0.3 is 0 Å². The van der Waals surface area contributed by atoms with Gasteiger partial charge in [0.05, 0.1) is 28.0 Å². The van der Waals surface area contributed by atoms with Crippen molar-refractivity contribution in [2.24, 2.45) is 0 Å². The molecular weight excluding hydrogens is 502 g/mol. The van der Waals surface area contributed by atoms with Gasteiger partial charge in [0.1, 0.15) is 0 Å². The predicted molar refractivity (Wildman–Crippen MR) is 129 cm³/mol. The summed E-state index contributed by atoms with van der Waals surface area (Å²) in [7, 11) is 0. The molecule has 1 nitrogen and oxygen atoms in total. The summed E-state index contributed by atoms with van der Waals surface area (Å²) in [4.78, 5) is 0. The fourth-order valence-electron chi connectivity index (χ4n) is 3.69. The first kappa shape index (κ1) is 19.7. The molecule has 0 fully saturated rings. The molecule has 142 valence electrons. The molecule has 0 radical (unpaired) electrons. The molecule has 0 bridgehead atoms. The summed E-state index contributed by atoms with van der Waals surface area (Å²) in [5, 5.41) is 0. The van der Waals surface area contributed by atoms with E-state index in [1.807, 2.05) is 22.7 Å². The van der Waals surface area contributed by atoms with Crippen molar-refractivity contribution in [3.63, 3.8) is 0 Å².